The molecule has 3 heterocycles. The van der Waals surface area contributed by atoms with Crippen LogP contribution in [0, 0.1) is 0 Å². The molecule has 176 valence electrons. The van der Waals surface area contributed by atoms with Crippen LogP contribution in [0.2, 0.25) is 10.0 Å². The molecule has 1 aromatic carbocycles. The van der Waals surface area contributed by atoms with Crippen molar-refractivity contribution in [1.82, 2.24) is 10.3 Å². The molecule has 0 saturated carbocycles. The van der Waals surface area contributed by atoms with Gasteiger partial charge in [0.05, 0.1) is 42.2 Å². The van der Waals surface area contributed by atoms with E-state index < -0.39 is 0 Å². The molecule has 1 saturated heterocycles. The van der Waals surface area contributed by atoms with E-state index in [1.54, 1.807) is 20.3 Å². The van der Waals surface area contributed by atoms with E-state index in [1.807, 2.05) is 24.7 Å². The summed E-state index contributed by atoms with van der Waals surface area (Å²) < 4.78 is 16.9. The zero-order valence-corrected chi connectivity index (χ0v) is 21.4. The van der Waals surface area contributed by atoms with Gasteiger partial charge in [-0.3, -0.25) is 0 Å². The quantitative estimate of drug-likeness (QED) is 0.677. The van der Waals surface area contributed by atoms with Crippen molar-refractivity contribution in [3.8, 4) is 22.8 Å². The minimum Gasteiger partial charge on any atom is -0.495 e. The summed E-state index contributed by atoms with van der Waals surface area (Å²) in [6.45, 7) is 5.55. The van der Waals surface area contributed by atoms with Crippen molar-refractivity contribution < 1.29 is 14.2 Å². The van der Waals surface area contributed by atoms with Crippen molar-refractivity contribution >= 4 is 58.3 Å². The third-order valence-electron chi connectivity index (χ3n) is 5.47. The Morgan fingerprint density at radius 3 is 2.30 bits per heavy atom. The fourth-order valence-electron chi connectivity index (χ4n) is 4.06. The molecule has 0 spiro atoms. The van der Waals surface area contributed by atoms with Crippen molar-refractivity contribution in [2.75, 3.05) is 38.5 Å². The lowest BCUT2D eigenvalue weighted by Gasteiger charge is -2.36. The number of hydrogen-bond donors (Lipinski definition) is 1. The molecule has 1 aromatic heterocycles. The van der Waals surface area contributed by atoms with Crippen LogP contribution < -0.4 is 30.1 Å². The first kappa shape index (κ1) is 24.0. The Labute approximate surface area is 207 Å². The van der Waals surface area contributed by atoms with E-state index in [4.69, 9.17) is 42.4 Å². The number of amidine groups is 1. The van der Waals surface area contributed by atoms with E-state index in [9.17, 15) is 0 Å². The fraction of sp³-hybridized carbons (Fsp3) is 0.391. The van der Waals surface area contributed by atoms with E-state index in [2.05, 4.69) is 29.1 Å². The molecule has 0 aliphatic carbocycles. The summed E-state index contributed by atoms with van der Waals surface area (Å²) in [5.74, 6) is 1.72. The van der Waals surface area contributed by atoms with Crippen molar-refractivity contribution in [2.24, 2.45) is 4.99 Å². The number of halogens is 2. The first-order chi connectivity index (χ1) is 15.9. The number of morpholine rings is 1. The molecule has 0 radical (unpaired) electrons. The highest BCUT2D eigenvalue weighted by atomic mass is 35.5. The fourth-order valence-corrected chi connectivity index (χ4v) is 5.09. The second-order valence-corrected chi connectivity index (χ2v) is 9.39. The molecule has 1 fully saturated rings. The Morgan fingerprint density at radius 2 is 1.73 bits per heavy atom. The minimum atomic E-state index is 0.0691. The molecule has 2 atom stereocenters. The van der Waals surface area contributed by atoms with Gasteiger partial charge in [-0.15, -0.1) is 0 Å². The molecule has 2 aliphatic heterocycles. The van der Waals surface area contributed by atoms with E-state index in [0.29, 0.717) is 45.9 Å². The number of fused-ring (bicyclic) bond motifs is 1. The molecule has 2 aromatic rings. The van der Waals surface area contributed by atoms with Gasteiger partial charge in [-0.25, -0.2) is 9.98 Å². The highest BCUT2D eigenvalue weighted by Gasteiger charge is 2.26. The number of pyridine rings is 1. The van der Waals surface area contributed by atoms with Gasteiger partial charge in [0.25, 0.3) is 0 Å². The third-order valence-corrected chi connectivity index (χ3v) is 6.83. The van der Waals surface area contributed by atoms with Gasteiger partial charge in [0, 0.05) is 47.6 Å². The number of aliphatic imine (C=N–C) groups is 1. The summed E-state index contributed by atoms with van der Waals surface area (Å²) in [5, 5.41) is 6.64. The third kappa shape index (κ3) is 4.75. The Bertz CT molecular complexity index is 1180. The molecular weight excluding hydrogens is 483 g/mol. The van der Waals surface area contributed by atoms with Crippen molar-refractivity contribution in [3.63, 3.8) is 0 Å². The van der Waals surface area contributed by atoms with Crippen LogP contribution in [-0.4, -0.2) is 55.9 Å². The van der Waals surface area contributed by atoms with Crippen molar-refractivity contribution in [2.45, 2.75) is 26.1 Å². The molecule has 0 bridgehead atoms. The van der Waals surface area contributed by atoms with Gasteiger partial charge in [-0.05, 0) is 26.2 Å². The number of nitrogens with zero attached hydrogens (tertiary/aromatic N) is 3. The lowest BCUT2D eigenvalue weighted by Crippen LogP contribution is -2.49. The summed E-state index contributed by atoms with van der Waals surface area (Å²) in [5.41, 5.74) is 1.16. The molecular formula is C23H26Cl2N4O3S. The normalized spacial score (nSPS) is 20.0. The van der Waals surface area contributed by atoms with Crippen LogP contribution in [0.4, 0.5) is 5.82 Å². The van der Waals surface area contributed by atoms with Crippen LogP contribution in [0.15, 0.2) is 17.1 Å². The second-order valence-electron chi connectivity index (χ2n) is 7.84. The van der Waals surface area contributed by atoms with Crippen LogP contribution in [0.3, 0.4) is 0 Å². The van der Waals surface area contributed by atoms with Gasteiger partial charge in [-0.2, -0.15) is 0 Å². The largest absolute Gasteiger partial charge is 0.495 e. The number of aromatic nitrogens is 1. The minimum absolute atomic E-state index is 0.0691. The van der Waals surface area contributed by atoms with E-state index in [1.165, 1.54) is 11.8 Å². The first-order valence-corrected chi connectivity index (χ1v) is 12.4. The van der Waals surface area contributed by atoms with Gasteiger partial charge in [0.15, 0.2) is 5.17 Å². The Morgan fingerprint density at radius 1 is 1.09 bits per heavy atom. The maximum atomic E-state index is 6.72. The SMILES string of the molecule is COc1cc(OC)c(Cl)c(-c2cc3c(c(N4CC(C)OC(C)C4)n2)=CNC(SC)=NC=3)c1Cl. The summed E-state index contributed by atoms with van der Waals surface area (Å²) in [7, 11) is 3.11. The highest BCUT2D eigenvalue weighted by molar-refractivity contribution is 8.13. The summed E-state index contributed by atoms with van der Waals surface area (Å²) in [6, 6.07) is 3.60. The molecule has 4 rings (SSSR count). The van der Waals surface area contributed by atoms with E-state index in [0.717, 1.165) is 21.4 Å². The molecule has 0 amide bonds. The molecule has 1 N–H and O–H groups in total. The monoisotopic (exact) mass is 508 g/mol. The number of anilines is 1. The number of rotatable bonds is 4. The lowest BCUT2D eigenvalue weighted by atomic mass is 10.1. The number of hydrogen-bond acceptors (Lipinski definition) is 8. The van der Waals surface area contributed by atoms with Crippen molar-refractivity contribution in [3.05, 3.63) is 32.6 Å². The van der Waals surface area contributed by atoms with Crippen molar-refractivity contribution in [1.29, 1.82) is 0 Å². The Hall–Kier alpha value is -2.13. The maximum absolute atomic E-state index is 6.72. The molecule has 33 heavy (non-hydrogen) atoms. The number of methoxy groups -OCH3 is 2. The molecule has 7 nitrogen and oxygen atoms in total. The van der Waals surface area contributed by atoms with Crippen LogP contribution in [-0.2, 0) is 4.74 Å². The summed E-state index contributed by atoms with van der Waals surface area (Å²) in [6.07, 6.45) is 5.89. The van der Waals surface area contributed by atoms with Gasteiger partial charge in [0.2, 0.25) is 0 Å². The lowest BCUT2D eigenvalue weighted by molar-refractivity contribution is -0.00551. The topological polar surface area (TPSA) is 68.2 Å². The summed E-state index contributed by atoms with van der Waals surface area (Å²) >= 11 is 15.0. The second kappa shape index (κ2) is 10.0. The van der Waals surface area contributed by atoms with Gasteiger partial charge in [-0.1, -0.05) is 35.0 Å². The van der Waals surface area contributed by atoms with Gasteiger partial charge >= 0.3 is 0 Å². The summed E-state index contributed by atoms with van der Waals surface area (Å²) in [4.78, 5) is 11.9. The average molecular weight is 509 g/mol. The zero-order valence-electron chi connectivity index (χ0n) is 19.1. The number of nitrogens with one attached hydrogen (secondary N) is 1. The van der Waals surface area contributed by atoms with E-state index >= 15 is 0 Å². The van der Waals surface area contributed by atoms with Crippen LogP contribution >= 0.6 is 35.0 Å². The maximum Gasteiger partial charge on any atom is 0.164 e. The predicted molar refractivity (Wildman–Crippen MR) is 137 cm³/mol. The number of ether oxygens (including phenoxy) is 3. The predicted octanol–water partition coefficient (Wildman–Crippen LogP) is 3.48. The molecule has 2 unspecified atom stereocenters. The van der Waals surface area contributed by atoms with Gasteiger partial charge < -0.3 is 24.4 Å². The highest BCUT2D eigenvalue weighted by Crippen LogP contribution is 2.45. The Kier molecular flexibility index (Phi) is 7.28. The smallest absolute Gasteiger partial charge is 0.164 e. The van der Waals surface area contributed by atoms with Gasteiger partial charge in [0.1, 0.15) is 17.3 Å². The van der Waals surface area contributed by atoms with Crippen LogP contribution in [0.5, 0.6) is 11.5 Å². The first-order valence-electron chi connectivity index (χ1n) is 10.5. The van der Waals surface area contributed by atoms with E-state index in [-0.39, 0.29) is 12.2 Å². The Balaban J connectivity index is 2.00. The zero-order chi connectivity index (χ0) is 23.7. The van der Waals surface area contributed by atoms with Crippen LogP contribution in [0.1, 0.15) is 13.8 Å². The molecule has 10 heteroatoms. The number of benzene rings is 1. The average Bonchev–Trinajstić information content (AvgIpc) is 3.00. The standard InChI is InChI=1S/C23H26Cl2N4O3S/c1-12-10-29(11-13(2)32-12)22-15-9-27-23(33-5)26-8-14(15)6-16(28-22)19-20(24)17(30-3)7-18(31-4)21(19)25/h6-9,12-13H,10-11H2,1-5H3,(H,26,27). The number of thioether (sulfide) groups is 1. The van der Waals surface area contributed by atoms with Crippen LogP contribution in [0.25, 0.3) is 23.7 Å². The molecule has 2 aliphatic rings.